The third-order valence-electron chi connectivity index (χ3n) is 2.11. The summed E-state index contributed by atoms with van der Waals surface area (Å²) in [4.78, 5) is 0. The summed E-state index contributed by atoms with van der Waals surface area (Å²) in [5, 5.41) is 12.4. The van der Waals surface area contributed by atoms with Crippen LogP contribution in [0.1, 0.15) is 5.56 Å². The summed E-state index contributed by atoms with van der Waals surface area (Å²) in [5.41, 5.74) is 0.736. The molecule has 0 fully saturated rings. The minimum absolute atomic E-state index is 0.0309. The molecule has 3 nitrogen and oxygen atoms in total. The van der Waals surface area contributed by atoms with Crippen LogP contribution in [-0.2, 0) is 11.3 Å². The van der Waals surface area contributed by atoms with E-state index in [1.807, 2.05) is 0 Å². The van der Waals surface area contributed by atoms with Crippen LogP contribution >= 0.6 is 11.6 Å². The highest BCUT2D eigenvalue weighted by Crippen LogP contribution is 2.13. The van der Waals surface area contributed by atoms with E-state index in [9.17, 15) is 4.39 Å². The van der Waals surface area contributed by atoms with Crippen LogP contribution in [0.5, 0.6) is 0 Å². The summed E-state index contributed by atoms with van der Waals surface area (Å²) in [7, 11) is 1.56. The van der Waals surface area contributed by atoms with Gasteiger partial charge in [-0.25, -0.2) is 4.39 Å². The zero-order chi connectivity index (χ0) is 12.0. The Balaban J connectivity index is 2.52. The lowest BCUT2D eigenvalue weighted by Gasteiger charge is -2.15. The minimum Gasteiger partial charge on any atom is -0.395 e. The number of ether oxygens (including phenoxy) is 1. The van der Waals surface area contributed by atoms with E-state index in [-0.39, 0.29) is 18.5 Å². The van der Waals surface area contributed by atoms with E-state index in [0.717, 1.165) is 5.56 Å². The van der Waals surface area contributed by atoms with Crippen LogP contribution in [0.15, 0.2) is 18.2 Å². The van der Waals surface area contributed by atoms with Crippen molar-refractivity contribution in [3.05, 3.63) is 34.6 Å². The SMILES string of the molecule is COCC(CO)NCc1cc(F)cc(Cl)c1. The lowest BCUT2D eigenvalue weighted by Crippen LogP contribution is -2.35. The molecule has 0 aliphatic heterocycles. The van der Waals surface area contributed by atoms with E-state index in [2.05, 4.69) is 5.32 Å². The average Bonchev–Trinajstić information content (AvgIpc) is 2.23. The highest BCUT2D eigenvalue weighted by molar-refractivity contribution is 6.30. The monoisotopic (exact) mass is 247 g/mol. The molecular formula is C11H15ClFNO2. The zero-order valence-corrected chi connectivity index (χ0v) is 9.80. The van der Waals surface area contributed by atoms with Crippen LogP contribution in [0.4, 0.5) is 4.39 Å². The molecule has 1 aromatic rings. The van der Waals surface area contributed by atoms with Crippen LogP contribution in [0.3, 0.4) is 0 Å². The van der Waals surface area contributed by atoms with Gasteiger partial charge in [0.05, 0.1) is 19.3 Å². The maximum atomic E-state index is 13.0. The molecule has 0 saturated carbocycles. The summed E-state index contributed by atoms with van der Waals surface area (Å²) in [5.74, 6) is -0.364. The highest BCUT2D eigenvalue weighted by atomic mass is 35.5. The van der Waals surface area contributed by atoms with Crippen molar-refractivity contribution in [2.75, 3.05) is 20.3 Å². The fraction of sp³-hybridized carbons (Fsp3) is 0.455. The molecule has 1 atom stereocenters. The smallest absolute Gasteiger partial charge is 0.125 e. The maximum Gasteiger partial charge on any atom is 0.125 e. The Hall–Kier alpha value is -0.680. The Bertz CT molecular complexity index is 316. The van der Waals surface area contributed by atoms with Crippen LogP contribution in [0, 0.1) is 5.82 Å². The van der Waals surface area contributed by atoms with Gasteiger partial charge in [0.2, 0.25) is 0 Å². The Morgan fingerprint density at radius 3 is 2.81 bits per heavy atom. The van der Waals surface area contributed by atoms with E-state index in [1.165, 1.54) is 12.1 Å². The highest BCUT2D eigenvalue weighted by Gasteiger charge is 2.06. The molecule has 0 aliphatic rings. The lowest BCUT2D eigenvalue weighted by molar-refractivity contribution is 0.128. The van der Waals surface area contributed by atoms with Crippen molar-refractivity contribution in [3.63, 3.8) is 0 Å². The molecule has 0 heterocycles. The molecular weight excluding hydrogens is 233 g/mol. The standard InChI is InChI=1S/C11H15ClFNO2/c1-16-7-11(6-15)14-5-8-2-9(12)4-10(13)3-8/h2-4,11,14-15H,5-7H2,1H3. The number of nitrogens with one attached hydrogen (secondary N) is 1. The van der Waals surface area contributed by atoms with Crippen LogP contribution in [-0.4, -0.2) is 31.5 Å². The molecule has 1 unspecified atom stereocenters. The third-order valence-corrected chi connectivity index (χ3v) is 2.32. The Morgan fingerprint density at radius 2 is 2.25 bits per heavy atom. The number of aliphatic hydroxyl groups excluding tert-OH is 1. The van der Waals surface area contributed by atoms with E-state index in [0.29, 0.717) is 18.2 Å². The van der Waals surface area contributed by atoms with Gasteiger partial charge in [0.25, 0.3) is 0 Å². The van der Waals surface area contributed by atoms with Gasteiger partial charge in [0.1, 0.15) is 5.82 Å². The summed E-state index contributed by atoms with van der Waals surface area (Å²) >= 11 is 5.72. The van der Waals surface area contributed by atoms with Crippen LogP contribution < -0.4 is 5.32 Å². The van der Waals surface area contributed by atoms with Gasteiger partial charge in [-0.1, -0.05) is 11.6 Å². The molecule has 1 aromatic carbocycles. The first-order valence-corrected chi connectivity index (χ1v) is 5.31. The molecule has 1 rings (SSSR count). The predicted molar refractivity (Wildman–Crippen MR) is 61.0 cm³/mol. The van der Waals surface area contributed by atoms with E-state index in [4.69, 9.17) is 21.4 Å². The number of rotatable bonds is 6. The Kier molecular flexibility index (Phi) is 5.69. The van der Waals surface area contributed by atoms with Gasteiger partial charge in [-0.05, 0) is 23.8 Å². The van der Waals surface area contributed by atoms with Crippen molar-refractivity contribution in [2.45, 2.75) is 12.6 Å². The lowest BCUT2D eigenvalue weighted by atomic mass is 10.2. The molecule has 0 radical (unpaired) electrons. The second-order valence-electron chi connectivity index (χ2n) is 3.49. The number of methoxy groups -OCH3 is 1. The van der Waals surface area contributed by atoms with Gasteiger partial charge < -0.3 is 15.2 Å². The molecule has 90 valence electrons. The summed E-state index contributed by atoms with van der Waals surface area (Å²) in [6, 6.07) is 4.18. The number of benzene rings is 1. The molecule has 0 bridgehead atoms. The third kappa shape index (κ3) is 4.45. The van der Waals surface area contributed by atoms with Crippen molar-refractivity contribution in [1.82, 2.24) is 5.32 Å². The van der Waals surface area contributed by atoms with Crippen molar-refractivity contribution < 1.29 is 14.2 Å². The molecule has 0 saturated heterocycles. The number of hydrogen-bond donors (Lipinski definition) is 2. The molecule has 0 aromatic heterocycles. The first kappa shape index (κ1) is 13.4. The summed E-state index contributed by atoms with van der Waals surface area (Å²) < 4.78 is 17.9. The molecule has 16 heavy (non-hydrogen) atoms. The molecule has 2 N–H and O–H groups in total. The molecule has 5 heteroatoms. The van der Waals surface area contributed by atoms with Gasteiger partial charge in [0, 0.05) is 18.7 Å². The second-order valence-corrected chi connectivity index (χ2v) is 3.93. The minimum atomic E-state index is -0.364. The summed E-state index contributed by atoms with van der Waals surface area (Å²) in [6.07, 6.45) is 0. The second kappa shape index (κ2) is 6.81. The molecule has 0 amide bonds. The van der Waals surface area contributed by atoms with Crippen molar-refractivity contribution >= 4 is 11.6 Å². The quantitative estimate of drug-likeness (QED) is 0.802. The number of hydrogen-bond acceptors (Lipinski definition) is 3. The van der Waals surface area contributed by atoms with Crippen molar-refractivity contribution in [1.29, 1.82) is 0 Å². The van der Waals surface area contributed by atoms with Crippen LogP contribution in [0.2, 0.25) is 5.02 Å². The fourth-order valence-electron chi connectivity index (χ4n) is 1.35. The van der Waals surface area contributed by atoms with Gasteiger partial charge in [-0.15, -0.1) is 0 Å². The van der Waals surface area contributed by atoms with E-state index in [1.54, 1.807) is 13.2 Å². The van der Waals surface area contributed by atoms with Gasteiger partial charge in [-0.2, -0.15) is 0 Å². The zero-order valence-electron chi connectivity index (χ0n) is 9.04. The Morgan fingerprint density at radius 1 is 1.50 bits per heavy atom. The average molecular weight is 248 g/mol. The first-order valence-electron chi connectivity index (χ1n) is 4.94. The van der Waals surface area contributed by atoms with E-state index < -0.39 is 0 Å². The Labute approximate surface area is 99.2 Å². The summed E-state index contributed by atoms with van der Waals surface area (Å²) in [6.45, 7) is 0.808. The van der Waals surface area contributed by atoms with Gasteiger partial charge >= 0.3 is 0 Å². The van der Waals surface area contributed by atoms with Gasteiger partial charge in [0.15, 0.2) is 0 Å². The number of halogens is 2. The first-order chi connectivity index (χ1) is 7.65. The maximum absolute atomic E-state index is 13.0. The largest absolute Gasteiger partial charge is 0.395 e. The van der Waals surface area contributed by atoms with E-state index >= 15 is 0 Å². The number of aliphatic hydroxyl groups is 1. The van der Waals surface area contributed by atoms with Crippen molar-refractivity contribution in [2.24, 2.45) is 0 Å². The van der Waals surface area contributed by atoms with Crippen molar-refractivity contribution in [3.8, 4) is 0 Å². The molecule has 0 spiro atoms. The normalized spacial score (nSPS) is 12.8. The van der Waals surface area contributed by atoms with Crippen LogP contribution in [0.25, 0.3) is 0 Å². The topological polar surface area (TPSA) is 41.5 Å². The fourth-order valence-corrected chi connectivity index (χ4v) is 1.60. The van der Waals surface area contributed by atoms with Gasteiger partial charge in [-0.3, -0.25) is 0 Å². The predicted octanol–water partition coefficient (Wildman–Crippen LogP) is 1.58. The molecule has 0 aliphatic carbocycles.